The van der Waals surface area contributed by atoms with Gasteiger partial charge in [0.15, 0.2) is 0 Å². The molecule has 1 heterocycles. The van der Waals surface area contributed by atoms with Crippen LogP contribution in [-0.4, -0.2) is 29.8 Å². The predicted molar refractivity (Wildman–Crippen MR) is 62.0 cm³/mol. The summed E-state index contributed by atoms with van der Waals surface area (Å²) in [7, 11) is 0. The lowest BCUT2D eigenvalue weighted by molar-refractivity contribution is 0.0806. The van der Waals surface area contributed by atoms with Gasteiger partial charge in [0.2, 0.25) is 11.8 Å². The standard InChI is InChI=1S/C10H18N4O2/c1-7(2)6-15-3-4-16-9-5-8(11)13-10(12)14-9/h5,7H,3-4,6H2,1-2H3,(H4,11,12,13,14). The van der Waals surface area contributed by atoms with Crippen LogP contribution in [0.15, 0.2) is 6.07 Å². The highest BCUT2D eigenvalue weighted by molar-refractivity contribution is 5.38. The van der Waals surface area contributed by atoms with Gasteiger partial charge in [0.1, 0.15) is 12.4 Å². The minimum atomic E-state index is 0.109. The van der Waals surface area contributed by atoms with Crippen molar-refractivity contribution in [3.05, 3.63) is 6.07 Å². The van der Waals surface area contributed by atoms with E-state index >= 15 is 0 Å². The lowest BCUT2D eigenvalue weighted by Crippen LogP contribution is -2.11. The Hall–Kier alpha value is -1.56. The van der Waals surface area contributed by atoms with Gasteiger partial charge >= 0.3 is 0 Å². The number of hydrogen-bond acceptors (Lipinski definition) is 6. The molecule has 0 spiro atoms. The highest BCUT2D eigenvalue weighted by atomic mass is 16.5. The third kappa shape index (κ3) is 4.79. The summed E-state index contributed by atoms with van der Waals surface area (Å²) in [5.41, 5.74) is 10.9. The normalized spacial score (nSPS) is 10.7. The average molecular weight is 226 g/mol. The molecule has 0 bridgehead atoms. The van der Waals surface area contributed by atoms with Crippen LogP contribution in [0.2, 0.25) is 0 Å². The molecule has 0 aliphatic heterocycles. The van der Waals surface area contributed by atoms with Gasteiger partial charge in [-0.3, -0.25) is 0 Å². The Balaban J connectivity index is 2.26. The molecule has 0 unspecified atom stereocenters. The van der Waals surface area contributed by atoms with E-state index in [4.69, 9.17) is 20.9 Å². The Morgan fingerprint density at radius 2 is 2.00 bits per heavy atom. The molecule has 1 aromatic heterocycles. The predicted octanol–water partition coefficient (Wildman–Crippen LogP) is 0.692. The van der Waals surface area contributed by atoms with Crippen molar-refractivity contribution in [1.29, 1.82) is 0 Å². The minimum Gasteiger partial charge on any atom is -0.475 e. The summed E-state index contributed by atoms with van der Waals surface area (Å²) >= 11 is 0. The van der Waals surface area contributed by atoms with E-state index in [1.807, 2.05) is 0 Å². The third-order valence-electron chi connectivity index (χ3n) is 1.67. The van der Waals surface area contributed by atoms with Crippen LogP contribution < -0.4 is 16.2 Å². The van der Waals surface area contributed by atoms with Crippen LogP contribution in [0.3, 0.4) is 0 Å². The Kier molecular flexibility index (Phi) is 4.78. The van der Waals surface area contributed by atoms with Crippen molar-refractivity contribution >= 4 is 11.8 Å². The van der Waals surface area contributed by atoms with Gasteiger partial charge in [-0.25, -0.2) is 0 Å². The second kappa shape index (κ2) is 6.12. The van der Waals surface area contributed by atoms with Crippen LogP contribution in [0.1, 0.15) is 13.8 Å². The van der Waals surface area contributed by atoms with Gasteiger partial charge in [0.25, 0.3) is 0 Å². The molecule has 0 atom stereocenters. The topological polar surface area (TPSA) is 96.3 Å². The molecule has 6 heteroatoms. The largest absolute Gasteiger partial charge is 0.475 e. The van der Waals surface area contributed by atoms with Crippen molar-refractivity contribution in [2.75, 3.05) is 31.3 Å². The van der Waals surface area contributed by atoms with Gasteiger partial charge in [-0.05, 0) is 5.92 Å². The quantitative estimate of drug-likeness (QED) is 0.693. The second-order valence-electron chi connectivity index (χ2n) is 3.81. The van der Waals surface area contributed by atoms with E-state index in [1.165, 1.54) is 6.07 Å². The smallest absolute Gasteiger partial charge is 0.225 e. The maximum absolute atomic E-state index is 5.49. The molecule has 16 heavy (non-hydrogen) atoms. The molecular formula is C10H18N4O2. The maximum Gasteiger partial charge on any atom is 0.225 e. The maximum atomic E-state index is 5.49. The molecule has 0 aliphatic carbocycles. The highest BCUT2D eigenvalue weighted by Gasteiger charge is 2.00. The van der Waals surface area contributed by atoms with Crippen molar-refractivity contribution in [2.45, 2.75) is 13.8 Å². The van der Waals surface area contributed by atoms with E-state index in [0.29, 0.717) is 30.8 Å². The number of hydrogen-bond donors (Lipinski definition) is 2. The molecule has 0 aromatic carbocycles. The fraction of sp³-hybridized carbons (Fsp3) is 0.600. The lowest BCUT2D eigenvalue weighted by Gasteiger charge is -2.08. The second-order valence-corrected chi connectivity index (χ2v) is 3.81. The summed E-state index contributed by atoms with van der Waals surface area (Å²) < 4.78 is 10.7. The Labute approximate surface area is 95.0 Å². The number of rotatable bonds is 6. The van der Waals surface area contributed by atoms with Crippen LogP contribution in [0.5, 0.6) is 5.88 Å². The summed E-state index contributed by atoms with van der Waals surface area (Å²) in [4.78, 5) is 7.61. The van der Waals surface area contributed by atoms with Crippen LogP contribution in [0.25, 0.3) is 0 Å². The number of nitrogens with two attached hydrogens (primary N) is 2. The zero-order valence-corrected chi connectivity index (χ0v) is 9.64. The Morgan fingerprint density at radius 3 is 2.62 bits per heavy atom. The van der Waals surface area contributed by atoms with E-state index in [9.17, 15) is 0 Å². The van der Waals surface area contributed by atoms with Crippen molar-refractivity contribution in [2.24, 2.45) is 5.92 Å². The van der Waals surface area contributed by atoms with Crippen molar-refractivity contribution in [3.63, 3.8) is 0 Å². The molecule has 0 saturated carbocycles. The van der Waals surface area contributed by atoms with E-state index < -0.39 is 0 Å². The SMILES string of the molecule is CC(C)COCCOc1cc(N)nc(N)n1. The third-order valence-corrected chi connectivity index (χ3v) is 1.67. The summed E-state index contributed by atoms with van der Waals surface area (Å²) in [5.74, 6) is 1.30. The fourth-order valence-corrected chi connectivity index (χ4v) is 1.06. The van der Waals surface area contributed by atoms with Gasteiger partial charge in [-0.1, -0.05) is 13.8 Å². The first-order valence-electron chi connectivity index (χ1n) is 5.18. The number of anilines is 2. The first kappa shape index (κ1) is 12.5. The molecule has 0 fully saturated rings. The molecule has 0 amide bonds. The molecule has 1 aromatic rings. The summed E-state index contributed by atoms with van der Waals surface area (Å²) in [6.45, 7) is 5.83. The average Bonchev–Trinajstić information content (AvgIpc) is 2.15. The van der Waals surface area contributed by atoms with Crippen LogP contribution in [0.4, 0.5) is 11.8 Å². The van der Waals surface area contributed by atoms with Crippen molar-refractivity contribution in [3.8, 4) is 5.88 Å². The van der Waals surface area contributed by atoms with E-state index in [2.05, 4.69) is 23.8 Å². The molecule has 1 rings (SSSR count). The van der Waals surface area contributed by atoms with Crippen LogP contribution in [0, 0.1) is 5.92 Å². The number of nitrogen functional groups attached to an aromatic ring is 2. The Morgan fingerprint density at radius 1 is 1.25 bits per heavy atom. The van der Waals surface area contributed by atoms with Crippen LogP contribution >= 0.6 is 0 Å². The van der Waals surface area contributed by atoms with Gasteiger partial charge in [0.05, 0.1) is 6.61 Å². The van der Waals surface area contributed by atoms with E-state index in [1.54, 1.807) is 0 Å². The van der Waals surface area contributed by atoms with E-state index in [-0.39, 0.29) is 5.95 Å². The number of ether oxygens (including phenoxy) is 2. The number of aromatic nitrogens is 2. The van der Waals surface area contributed by atoms with Crippen LogP contribution in [-0.2, 0) is 4.74 Å². The molecule has 0 saturated heterocycles. The molecule has 6 nitrogen and oxygen atoms in total. The highest BCUT2D eigenvalue weighted by Crippen LogP contribution is 2.11. The van der Waals surface area contributed by atoms with Gasteiger partial charge < -0.3 is 20.9 Å². The van der Waals surface area contributed by atoms with Gasteiger partial charge in [-0.2, -0.15) is 9.97 Å². The molecular weight excluding hydrogens is 208 g/mol. The van der Waals surface area contributed by atoms with E-state index in [0.717, 1.165) is 6.61 Å². The zero-order valence-electron chi connectivity index (χ0n) is 9.64. The first-order chi connectivity index (χ1) is 7.58. The molecule has 90 valence electrons. The molecule has 0 aliphatic rings. The summed E-state index contributed by atoms with van der Waals surface area (Å²) in [5, 5.41) is 0. The fourth-order valence-electron chi connectivity index (χ4n) is 1.06. The number of nitrogens with zero attached hydrogens (tertiary/aromatic N) is 2. The summed E-state index contributed by atoms with van der Waals surface area (Å²) in [6, 6.07) is 1.53. The Bertz CT molecular complexity index is 310. The monoisotopic (exact) mass is 226 g/mol. The van der Waals surface area contributed by atoms with Crippen molar-refractivity contribution < 1.29 is 9.47 Å². The zero-order chi connectivity index (χ0) is 12.0. The van der Waals surface area contributed by atoms with Crippen molar-refractivity contribution in [1.82, 2.24) is 9.97 Å². The molecule has 4 N–H and O–H groups in total. The van der Waals surface area contributed by atoms with Gasteiger partial charge in [-0.15, -0.1) is 0 Å². The molecule has 0 radical (unpaired) electrons. The first-order valence-corrected chi connectivity index (χ1v) is 5.18. The van der Waals surface area contributed by atoms with Gasteiger partial charge in [0, 0.05) is 12.7 Å². The minimum absolute atomic E-state index is 0.109. The lowest BCUT2D eigenvalue weighted by atomic mass is 10.2. The summed E-state index contributed by atoms with van der Waals surface area (Å²) in [6.07, 6.45) is 0.